The summed E-state index contributed by atoms with van der Waals surface area (Å²) >= 11 is 0. The Hall–Kier alpha value is -1.62. The summed E-state index contributed by atoms with van der Waals surface area (Å²) < 4.78 is 5.03. The number of ether oxygens (including phenoxy) is 1. The van der Waals surface area contributed by atoms with E-state index in [1.165, 1.54) is 7.11 Å². The molecule has 2 N–H and O–H groups in total. The van der Waals surface area contributed by atoms with Crippen molar-refractivity contribution < 1.29 is 14.6 Å². The van der Waals surface area contributed by atoms with E-state index in [1.54, 1.807) is 25.3 Å². The topological polar surface area (TPSA) is 71.5 Å². The first-order valence-electron chi connectivity index (χ1n) is 6.35. The minimum Gasteiger partial charge on any atom is -0.480 e. The van der Waals surface area contributed by atoms with E-state index in [0.29, 0.717) is 17.9 Å². The van der Waals surface area contributed by atoms with E-state index >= 15 is 0 Å². The Balaban J connectivity index is 2.65. The van der Waals surface area contributed by atoms with E-state index in [2.05, 4.69) is 10.3 Å². The maximum atomic E-state index is 12.0. The second-order valence-corrected chi connectivity index (χ2v) is 5.34. The van der Waals surface area contributed by atoms with E-state index in [1.807, 2.05) is 13.8 Å². The molecule has 0 radical (unpaired) electrons. The van der Waals surface area contributed by atoms with Crippen LogP contribution in [0.4, 0.5) is 0 Å². The summed E-state index contributed by atoms with van der Waals surface area (Å²) in [5.41, 5.74) is -0.551. The van der Waals surface area contributed by atoms with Crippen LogP contribution in [0, 0.1) is 5.92 Å². The van der Waals surface area contributed by atoms with Gasteiger partial charge in [0.2, 0.25) is 5.88 Å². The second-order valence-electron chi connectivity index (χ2n) is 5.34. The standard InChI is InChI=1S/C14H22N2O3/c1-10(2)8-14(3,18)9-16-12(17)11-6-5-7-15-13(11)19-4/h5-7,10,18H,8-9H2,1-4H3,(H,16,17). The fraction of sp³-hybridized carbons (Fsp3) is 0.571. The van der Waals surface area contributed by atoms with Crippen LogP contribution in [0.3, 0.4) is 0 Å². The van der Waals surface area contributed by atoms with E-state index < -0.39 is 5.60 Å². The molecule has 0 aliphatic heterocycles. The average Bonchev–Trinajstić information content (AvgIpc) is 2.34. The maximum absolute atomic E-state index is 12.0. The number of aliphatic hydroxyl groups is 1. The fourth-order valence-corrected chi connectivity index (χ4v) is 2.04. The molecule has 1 atom stereocenters. The van der Waals surface area contributed by atoms with Crippen LogP contribution in [0.2, 0.25) is 0 Å². The summed E-state index contributed by atoms with van der Waals surface area (Å²) in [5.74, 6) is 0.345. The van der Waals surface area contributed by atoms with E-state index in [9.17, 15) is 9.90 Å². The van der Waals surface area contributed by atoms with Crippen molar-refractivity contribution in [2.45, 2.75) is 32.8 Å². The first-order valence-corrected chi connectivity index (χ1v) is 6.35. The SMILES string of the molecule is COc1ncccc1C(=O)NCC(C)(O)CC(C)C. The summed E-state index contributed by atoms with van der Waals surface area (Å²) in [6, 6.07) is 3.31. The molecule has 1 aromatic heterocycles. The zero-order valence-electron chi connectivity index (χ0n) is 11.9. The third-order valence-corrected chi connectivity index (χ3v) is 2.69. The summed E-state index contributed by atoms with van der Waals surface area (Å²) in [6.45, 7) is 5.97. The lowest BCUT2D eigenvalue weighted by atomic mass is 9.94. The van der Waals surface area contributed by atoms with Gasteiger partial charge in [0.05, 0.1) is 12.7 Å². The lowest BCUT2D eigenvalue weighted by molar-refractivity contribution is 0.0368. The zero-order chi connectivity index (χ0) is 14.5. The highest BCUT2D eigenvalue weighted by Crippen LogP contribution is 2.17. The molecule has 0 saturated heterocycles. The Kier molecular flexibility index (Phi) is 5.30. The summed E-state index contributed by atoms with van der Waals surface area (Å²) in [6.07, 6.45) is 2.18. The van der Waals surface area contributed by atoms with Crippen LogP contribution in [0.5, 0.6) is 5.88 Å². The van der Waals surface area contributed by atoms with Crippen molar-refractivity contribution in [3.05, 3.63) is 23.9 Å². The van der Waals surface area contributed by atoms with Crippen molar-refractivity contribution in [2.24, 2.45) is 5.92 Å². The maximum Gasteiger partial charge on any atom is 0.256 e. The van der Waals surface area contributed by atoms with E-state index in [0.717, 1.165) is 0 Å². The number of aromatic nitrogens is 1. The molecule has 1 amide bonds. The summed E-state index contributed by atoms with van der Waals surface area (Å²) in [4.78, 5) is 16.0. The molecule has 1 rings (SSSR count). The van der Waals surface area contributed by atoms with Gasteiger partial charge < -0.3 is 15.2 Å². The minimum atomic E-state index is -0.917. The van der Waals surface area contributed by atoms with Crippen molar-refractivity contribution in [1.82, 2.24) is 10.3 Å². The summed E-state index contributed by atoms with van der Waals surface area (Å²) in [7, 11) is 1.47. The average molecular weight is 266 g/mol. The van der Waals surface area contributed by atoms with Crippen molar-refractivity contribution >= 4 is 5.91 Å². The molecular weight excluding hydrogens is 244 g/mol. The molecule has 1 aromatic rings. The lowest BCUT2D eigenvalue weighted by Crippen LogP contribution is -2.41. The third-order valence-electron chi connectivity index (χ3n) is 2.69. The number of amides is 1. The van der Waals surface area contributed by atoms with Gasteiger partial charge in [0, 0.05) is 12.7 Å². The number of carbonyl (C=O) groups is 1. The highest BCUT2D eigenvalue weighted by molar-refractivity contribution is 5.96. The molecule has 1 heterocycles. The Labute approximate surface area is 114 Å². The molecule has 0 fully saturated rings. The molecule has 0 aliphatic carbocycles. The molecule has 0 saturated carbocycles. The number of methoxy groups -OCH3 is 1. The van der Waals surface area contributed by atoms with Crippen LogP contribution >= 0.6 is 0 Å². The van der Waals surface area contributed by atoms with Crippen molar-refractivity contribution in [3.63, 3.8) is 0 Å². The van der Waals surface area contributed by atoms with Crippen LogP contribution in [0.25, 0.3) is 0 Å². The van der Waals surface area contributed by atoms with Crippen molar-refractivity contribution in [2.75, 3.05) is 13.7 Å². The molecule has 0 aliphatic rings. The van der Waals surface area contributed by atoms with Crippen LogP contribution in [-0.2, 0) is 0 Å². The minimum absolute atomic E-state index is 0.196. The molecular formula is C14H22N2O3. The molecule has 106 valence electrons. The Morgan fingerprint density at radius 2 is 2.26 bits per heavy atom. The first kappa shape index (κ1) is 15.4. The quantitative estimate of drug-likeness (QED) is 0.820. The number of nitrogens with one attached hydrogen (secondary N) is 1. The largest absolute Gasteiger partial charge is 0.480 e. The molecule has 0 bridgehead atoms. The Morgan fingerprint density at radius 1 is 1.58 bits per heavy atom. The van der Waals surface area contributed by atoms with Gasteiger partial charge >= 0.3 is 0 Å². The van der Waals surface area contributed by atoms with Gasteiger partial charge in [-0.3, -0.25) is 4.79 Å². The van der Waals surface area contributed by atoms with Gasteiger partial charge in [0.15, 0.2) is 0 Å². The van der Waals surface area contributed by atoms with Crippen molar-refractivity contribution in [3.8, 4) is 5.88 Å². The highest BCUT2D eigenvalue weighted by Gasteiger charge is 2.23. The first-order chi connectivity index (χ1) is 8.85. The fourth-order valence-electron chi connectivity index (χ4n) is 2.04. The highest BCUT2D eigenvalue weighted by atomic mass is 16.5. The van der Waals surface area contributed by atoms with E-state index in [-0.39, 0.29) is 18.3 Å². The predicted molar refractivity (Wildman–Crippen MR) is 73.2 cm³/mol. The van der Waals surface area contributed by atoms with Gasteiger partial charge in [-0.25, -0.2) is 4.98 Å². The zero-order valence-corrected chi connectivity index (χ0v) is 11.9. The van der Waals surface area contributed by atoms with Crippen LogP contribution in [-0.4, -0.2) is 35.3 Å². The molecule has 0 aromatic carbocycles. The normalized spacial score (nSPS) is 14.0. The molecule has 5 heteroatoms. The smallest absolute Gasteiger partial charge is 0.256 e. The van der Waals surface area contributed by atoms with Crippen LogP contribution < -0.4 is 10.1 Å². The van der Waals surface area contributed by atoms with Gasteiger partial charge in [0.1, 0.15) is 5.56 Å². The molecule has 0 spiro atoms. The Bertz CT molecular complexity index is 430. The van der Waals surface area contributed by atoms with Gasteiger partial charge in [-0.2, -0.15) is 0 Å². The van der Waals surface area contributed by atoms with E-state index in [4.69, 9.17) is 4.74 Å². The van der Waals surface area contributed by atoms with Gasteiger partial charge in [0.25, 0.3) is 5.91 Å². The number of hydrogen-bond acceptors (Lipinski definition) is 4. The molecule has 19 heavy (non-hydrogen) atoms. The Morgan fingerprint density at radius 3 is 2.84 bits per heavy atom. The van der Waals surface area contributed by atoms with Crippen LogP contribution in [0.15, 0.2) is 18.3 Å². The molecule has 1 unspecified atom stereocenters. The van der Waals surface area contributed by atoms with Crippen molar-refractivity contribution in [1.29, 1.82) is 0 Å². The monoisotopic (exact) mass is 266 g/mol. The van der Waals surface area contributed by atoms with Gasteiger partial charge in [-0.1, -0.05) is 13.8 Å². The van der Waals surface area contributed by atoms with Gasteiger partial charge in [-0.05, 0) is 31.4 Å². The number of hydrogen-bond donors (Lipinski definition) is 2. The number of carbonyl (C=O) groups excluding carboxylic acids is 1. The second kappa shape index (κ2) is 6.52. The van der Waals surface area contributed by atoms with Crippen LogP contribution in [0.1, 0.15) is 37.6 Å². The number of nitrogens with zero attached hydrogens (tertiary/aromatic N) is 1. The lowest BCUT2D eigenvalue weighted by Gasteiger charge is -2.25. The number of rotatable bonds is 6. The number of pyridine rings is 1. The molecule has 5 nitrogen and oxygen atoms in total. The van der Waals surface area contributed by atoms with Gasteiger partial charge in [-0.15, -0.1) is 0 Å². The summed E-state index contributed by atoms with van der Waals surface area (Å²) in [5, 5.41) is 12.9. The third kappa shape index (κ3) is 4.87. The predicted octanol–water partition coefficient (Wildman–Crippen LogP) is 1.62.